The van der Waals surface area contributed by atoms with Crippen LogP contribution in [0.4, 0.5) is 0 Å². The molecule has 0 amide bonds. The van der Waals surface area contributed by atoms with Crippen molar-refractivity contribution in [2.75, 3.05) is 41.3 Å². The van der Waals surface area contributed by atoms with Crippen molar-refractivity contribution in [3.63, 3.8) is 0 Å². The number of rotatable bonds is 14. The van der Waals surface area contributed by atoms with Gasteiger partial charge in [0.1, 0.15) is 42.1 Å². The maximum Gasteiger partial charge on any atom is 0.138 e. The SMILES string of the molecule is CN(C)CCn1cnc(COc2ccc3nc(-c4ccc(-c5nc6ccc(OCc7cn(CCN(C)C)nn7)cc6[nH]5)cc4)[nH]c3c2)c1. The fourth-order valence-corrected chi connectivity index (χ4v) is 5.27. The quantitative estimate of drug-likeness (QED) is 0.171. The first-order valence-corrected chi connectivity index (χ1v) is 15.9. The summed E-state index contributed by atoms with van der Waals surface area (Å²) in [5, 5.41) is 8.40. The zero-order valence-corrected chi connectivity index (χ0v) is 27.6. The van der Waals surface area contributed by atoms with Gasteiger partial charge in [0.25, 0.3) is 0 Å². The second kappa shape index (κ2) is 13.7. The first kappa shape index (κ1) is 31.1. The zero-order valence-electron chi connectivity index (χ0n) is 27.6. The van der Waals surface area contributed by atoms with Gasteiger partial charge in [-0.3, -0.25) is 4.68 Å². The van der Waals surface area contributed by atoms with Crippen molar-refractivity contribution in [1.29, 1.82) is 0 Å². The molecule has 0 aliphatic heterocycles. The van der Waals surface area contributed by atoms with Gasteiger partial charge in [-0.2, -0.15) is 0 Å². The summed E-state index contributed by atoms with van der Waals surface area (Å²) in [4.78, 5) is 25.2. The predicted molar refractivity (Wildman–Crippen MR) is 185 cm³/mol. The fraction of sp³-hybridized carbons (Fsp3) is 0.286. The largest absolute Gasteiger partial charge is 0.487 e. The van der Waals surface area contributed by atoms with E-state index in [1.54, 1.807) is 0 Å². The van der Waals surface area contributed by atoms with E-state index in [0.29, 0.717) is 13.2 Å². The highest BCUT2D eigenvalue weighted by molar-refractivity contribution is 5.82. The molecule has 0 aliphatic rings. The maximum absolute atomic E-state index is 6.04. The van der Waals surface area contributed by atoms with E-state index in [1.807, 2.05) is 98.2 Å². The lowest BCUT2D eigenvalue weighted by Gasteiger charge is -2.09. The Labute approximate surface area is 278 Å². The molecule has 7 rings (SSSR count). The van der Waals surface area contributed by atoms with E-state index in [0.717, 1.165) is 93.9 Å². The van der Waals surface area contributed by atoms with Gasteiger partial charge in [0.15, 0.2) is 0 Å². The molecule has 13 nitrogen and oxygen atoms in total. The summed E-state index contributed by atoms with van der Waals surface area (Å²) in [6.45, 7) is 4.28. The number of fused-ring (bicyclic) bond motifs is 2. The molecular formula is C35H39N11O2. The summed E-state index contributed by atoms with van der Waals surface area (Å²) >= 11 is 0. The van der Waals surface area contributed by atoms with E-state index >= 15 is 0 Å². The lowest BCUT2D eigenvalue weighted by atomic mass is 10.1. The van der Waals surface area contributed by atoms with E-state index in [4.69, 9.17) is 19.4 Å². The number of likely N-dealkylation sites (N-methyl/N-ethyl adjacent to an activating group) is 2. The minimum Gasteiger partial charge on any atom is -0.487 e. The lowest BCUT2D eigenvalue weighted by molar-refractivity contribution is 0.301. The summed E-state index contributed by atoms with van der Waals surface area (Å²) in [6.07, 6.45) is 5.80. The van der Waals surface area contributed by atoms with Crippen molar-refractivity contribution in [1.82, 2.24) is 54.3 Å². The smallest absolute Gasteiger partial charge is 0.138 e. The molecule has 0 bridgehead atoms. The minimum atomic E-state index is 0.343. The number of nitrogens with zero attached hydrogens (tertiary/aromatic N) is 9. The molecule has 7 aromatic rings. The van der Waals surface area contributed by atoms with Crippen LogP contribution in [0, 0.1) is 0 Å². The van der Waals surface area contributed by atoms with Crippen LogP contribution in [0.5, 0.6) is 11.5 Å². The van der Waals surface area contributed by atoms with Gasteiger partial charge in [0.05, 0.1) is 46.8 Å². The van der Waals surface area contributed by atoms with E-state index in [9.17, 15) is 0 Å². The molecule has 0 aliphatic carbocycles. The predicted octanol–water partition coefficient (Wildman–Crippen LogP) is 4.84. The highest BCUT2D eigenvalue weighted by atomic mass is 16.5. The van der Waals surface area contributed by atoms with Crippen LogP contribution >= 0.6 is 0 Å². The molecule has 246 valence electrons. The van der Waals surface area contributed by atoms with Crippen LogP contribution < -0.4 is 9.47 Å². The van der Waals surface area contributed by atoms with Gasteiger partial charge in [-0.15, -0.1) is 5.10 Å². The van der Waals surface area contributed by atoms with Gasteiger partial charge >= 0.3 is 0 Å². The Bertz CT molecular complexity index is 1970. The third kappa shape index (κ3) is 7.37. The maximum atomic E-state index is 6.04. The highest BCUT2D eigenvalue weighted by Gasteiger charge is 2.11. The second-order valence-corrected chi connectivity index (χ2v) is 12.4. The van der Waals surface area contributed by atoms with Crippen LogP contribution in [0.25, 0.3) is 44.8 Å². The zero-order chi connectivity index (χ0) is 33.0. The second-order valence-electron chi connectivity index (χ2n) is 12.4. The molecule has 0 saturated heterocycles. The molecule has 0 spiro atoms. The van der Waals surface area contributed by atoms with Crippen molar-refractivity contribution < 1.29 is 9.47 Å². The van der Waals surface area contributed by atoms with Crippen molar-refractivity contribution >= 4 is 22.1 Å². The van der Waals surface area contributed by atoms with Gasteiger partial charge in [0, 0.05) is 49.1 Å². The first-order chi connectivity index (χ1) is 23.3. The molecule has 0 unspecified atom stereocenters. The number of ether oxygens (including phenoxy) is 2. The molecule has 0 atom stereocenters. The Morgan fingerprint density at radius 3 is 1.81 bits per heavy atom. The molecule has 0 fully saturated rings. The number of H-pyrrole nitrogens is 2. The molecular weight excluding hydrogens is 606 g/mol. The first-order valence-electron chi connectivity index (χ1n) is 15.9. The van der Waals surface area contributed by atoms with Crippen LogP contribution in [0.1, 0.15) is 11.4 Å². The Morgan fingerprint density at radius 1 is 0.667 bits per heavy atom. The number of hydrogen-bond donors (Lipinski definition) is 2. The molecule has 0 saturated carbocycles. The molecule has 3 aromatic carbocycles. The number of nitrogens with one attached hydrogen (secondary N) is 2. The summed E-state index contributed by atoms with van der Waals surface area (Å²) < 4.78 is 16.0. The Hall–Kier alpha value is -5.53. The normalized spacial score (nSPS) is 11.8. The molecule has 13 heteroatoms. The topological polar surface area (TPSA) is 131 Å². The van der Waals surface area contributed by atoms with Gasteiger partial charge < -0.3 is 33.8 Å². The fourth-order valence-electron chi connectivity index (χ4n) is 5.27. The molecule has 0 radical (unpaired) electrons. The number of aromatic nitrogens is 9. The average Bonchev–Trinajstić information content (AvgIpc) is 3.90. The van der Waals surface area contributed by atoms with E-state index in [2.05, 4.69) is 53.7 Å². The summed E-state index contributed by atoms with van der Waals surface area (Å²) in [6, 6.07) is 19.9. The van der Waals surface area contributed by atoms with Crippen LogP contribution in [-0.4, -0.2) is 95.6 Å². The van der Waals surface area contributed by atoms with Crippen molar-refractivity contribution in [2.24, 2.45) is 0 Å². The van der Waals surface area contributed by atoms with E-state index in [-0.39, 0.29) is 0 Å². The Morgan fingerprint density at radius 2 is 1.23 bits per heavy atom. The molecule has 2 N–H and O–H groups in total. The Kier molecular flexibility index (Phi) is 8.86. The summed E-state index contributed by atoms with van der Waals surface area (Å²) in [7, 11) is 8.20. The van der Waals surface area contributed by atoms with Gasteiger partial charge in [-0.25, -0.2) is 15.0 Å². The van der Waals surface area contributed by atoms with Crippen molar-refractivity contribution in [2.45, 2.75) is 26.3 Å². The number of aromatic amines is 2. The van der Waals surface area contributed by atoms with E-state index in [1.165, 1.54) is 0 Å². The lowest BCUT2D eigenvalue weighted by Crippen LogP contribution is -2.18. The average molecular weight is 646 g/mol. The third-order valence-corrected chi connectivity index (χ3v) is 7.97. The molecule has 4 heterocycles. The standard InChI is InChI=1S/C35H39N11O2/c1-43(2)13-15-45-19-26(36-23-45)21-47-28-9-11-30-32(17-28)39-34(37-30)24-5-7-25(8-6-24)35-38-31-12-10-29(18-33(31)40-35)48-22-27-20-46(42-41-27)16-14-44(3)4/h5-12,17-20,23H,13-16,21-22H2,1-4H3,(H,37,39)(H,38,40). The summed E-state index contributed by atoms with van der Waals surface area (Å²) in [5.74, 6) is 3.07. The van der Waals surface area contributed by atoms with Crippen LogP contribution in [0.15, 0.2) is 79.4 Å². The summed E-state index contributed by atoms with van der Waals surface area (Å²) in [5.41, 5.74) is 7.18. The highest BCUT2D eigenvalue weighted by Crippen LogP contribution is 2.28. The van der Waals surface area contributed by atoms with Gasteiger partial charge in [-0.1, -0.05) is 29.5 Å². The molecule has 48 heavy (non-hydrogen) atoms. The van der Waals surface area contributed by atoms with Gasteiger partial charge in [-0.05, 0) is 52.5 Å². The minimum absolute atomic E-state index is 0.343. The van der Waals surface area contributed by atoms with E-state index < -0.39 is 0 Å². The van der Waals surface area contributed by atoms with Crippen LogP contribution in [-0.2, 0) is 26.3 Å². The van der Waals surface area contributed by atoms with Crippen LogP contribution in [0.3, 0.4) is 0 Å². The van der Waals surface area contributed by atoms with Crippen molar-refractivity contribution in [3.8, 4) is 34.3 Å². The van der Waals surface area contributed by atoms with Gasteiger partial charge in [0.2, 0.25) is 0 Å². The molecule has 4 aromatic heterocycles. The Balaban J connectivity index is 0.978. The number of imidazole rings is 3. The monoisotopic (exact) mass is 645 g/mol. The van der Waals surface area contributed by atoms with Crippen LogP contribution in [0.2, 0.25) is 0 Å². The van der Waals surface area contributed by atoms with Crippen molar-refractivity contribution in [3.05, 3.63) is 90.8 Å². The number of benzene rings is 3. The third-order valence-electron chi connectivity index (χ3n) is 7.97. The number of hydrogen-bond acceptors (Lipinski definition) is 9.